The molecule has 1 N–H and O–H groups in total. The Bertz CT molecular complexity index is 657. The number of nitrogens with zero attached hydrogens (tertiary/aromatic N) is 2. The van der Waals surface area contributed by atoms with E-state index in [4.69, 9.17) is 0 Å². The molecule has 0 atom stereocenters. The predicted octanol–water partition coefficient (Wildman–Crippen LogP) is 3.93. The molecular weight excluding hydrogens is 262 g/mol. The Morgan fingerprint density at radius 3 is 2.89 bits per heavy atom. The van der Waals surface area contributed by atoms with Crippen LogP contribution in [0.4, 0.5) is 5.82 Å². The molecule has 0 amide bonds. The first-order chi connectivity index (χ1) is 8.86. The van der Waals surface area contributed by atoms with Crippen molar-refractivity contribution < 1.29 is 0 Å². The lowest BCUT2D eigenvalue weighted by Crippen LogP contribution is -1.99. The third kappa shape index (κ3) is 2.23. The fraction of sp³-hybridized carbons (Fsp3) is 0.231. The summed E-state index contributed by atoms with van der Waals surface area (Å²) in [6.07, 6.45) is 2.72. The number of rotatable bonds is 4. The zero-order chi connectivity index (χ0) is 12.4. The van der Waals surface area contributed by atoms with E-state index in [1.807, 2.05) is 22.8 Å². The second kappa shape index (κ2) is 5.04. The van der Waals surface area contributed by atoms with E-state index in [1.165, 1.54) is 9.75 Å². The molecule has 3 rings (SSSR count). The molecule has 0 fully saturated rings. The van der Waals surface area contributed by atoms with Gasteiger partial charge in [0.2, 0.25) is 0 Å². The van der Waals surface area contributed by atoms with Gasteiger partial charge in [0.15, 0.2) is 0 Å². The fourth-order valence-electron chi connectivity index (χ4n) is 1.79. The standard InChI is InChI=1S/C13H13N3S2/c1-2-9-3-4-10(18-9)7-14-13-12-11(5-6-17-12)15-8-16-13/h3-6,8H,2,7H2,1H3,(H,14,15,16). The molecule has 0 aromatic carbocycles. The van der Waals surface area contributed by atoms with Gasteiger partial charge in [0.25, 0.3) is 0 Å². The number of aryl methyl sites for hydroxylation is 1. The molecule has 0 bridgehead atoms. The van der Waals surface area contributed by atoms with Crippen LogP contribution in [0.5, 0.6) is 0 Å². The van der Waals surface area contributed by atoms with Crippen molar-refractivity contribution in [2.75, 3.05) is 5.32 Å². The summed E-state index contributed by atoms with van der Waals surface area (Å²) in [7, 11) is 0. The maximum atomic E-state index is 4.31. The number of fused-ring (bicyclic) bond motifs is 1. The molecule has 3 aromatic rings. The van der Waals surface area contributed by atoms with Gasteiger partial charge in [-0.15, -0.1) is 22.7 Å². The zero-order valence-electron chi connectivity index (χ0n) is 10.0. The molecule has 0 aliphatic heterocycles. The Morgan fingerprint density at radius 2 is 2.06 bits per heavy atom. The number of thiophene rings is 2. The van der Waals surface area contributed by atoms with Gasteiger partial charge in [-0.2, -0.15) is 0 Å². The Hall–Kier alpha value is -1.46. The number of anilines is 1. The molecule has 0 aliphatic rings. The highest BCUT2D eigenvalue weighted by Crippen LogP contribution is 2.26. The van der Waals surface area contributed by atoms with E-state index in [1.54, 1.807) is 17.7 Å². The zero-order valence-corrected chi connectivity index (χ0v) is 11.6. The Morgan fingerprint density at radius 1 is 1.17 bits per heavy atom. The van der Waals surface area contributed by atoms with Crippen LogP contribution < -0.4 is 5.32 Å². The van der Waals surface area contributed by atoms with E-state index < -0.39 is 0 Å². The molecule has 0 saturated heterocycles. The Kier molecular flexibility index (Phi) is 3.25. The van der Waals surface area contributed by atoms with Crippen LogP contribution in [-0.2, 0) is 13.0 Å². The summed E-state index contributed by atoms with van der Waals surface area (Å²) in [4.78, 5) is 11.3. The van der Waals surface area contributed by atoms with Crippen molar-refractivity contribution >= 4 is 38.7 Å². The van der Waals surface area contributed by atoms with Gasteiger partial charge in [0, 0.05) is 9.75 Å². The van der Waals surface area contributed by atoms with Gasteiger partial charge < -0.3 is 5.32 Å². The van der Waals surface area contributed by atoms with Gasteiger partial charge in [-0.1, -0.05) is 6.92 Å². The largest absolute Gasteiger partial charge is 0.364 e. The SMILES string of the molecule is CCc1ccc(CNc2ncnc3ccsc23)s1. The van der Waals surface area contributed by atoms with E-state index in [2.05, 4.69) is 34.3 Å². The summed E-state index contributed by atoms with van der Waals surface area (Å²) < 4.78 is 1.13. The smallest absolute Gasteiger partial charge is 0.147 e. The predicted molar refractivity (Wildman–Crippen MR) is 78.4 cm³/mol. The van der Waals surface area contributed by atoms with Crippen molar-refractivity contribution in [2.24, 2.45) is 0 Å². The van der Waals surface area contributed by atoms with Gasteiger partial charge >= 0.3 is 0 Å². The molecule has 5 heteroatoms. The summed E-state index contributed by atoms with van der Waals surface area (Å²) in [5.41, 5.74) is 1.01. The van der Waals surface area contributed by atoms with E-state index in [0.717, 1.165) is 29.0 Å². The van der Waals surface area contributed by atoms with Crippen molar-refractivity contribution in [3.05, 3.63) is 39.7 Å². The van der Waals surface area contributed by atoms with Crippen LogP contribution in [0, 0.1) is 0 Å². The molecule has 0 saturated carbocycles. The summed E-state index contributed by atoms with van der Waals surface area (Å²) in [6.45, 7) is 3.01. The van der Waals surface area contributed by atoms with E-state index in [-0.39, 0.29) is 0 Å². The molecule has 18 heavy (non-hydrogen) atoms. The van der Waals surface area contributed by atoms with Gasteiger partial charge in [0.1, 0.15) is 12.1 Å². The normalized spacial score (nSPS) is 10.9. The molecule has 3 heterocycles. The summed E-state index contributed by atoms with van der Waals surface area (Å²) >= 11 is 3.53. The van der Waals surface area contributed by atoms with Gasteiger partial charge in [-0.05, 0) is 30.0 Å². The maximum absolute atomic E-state index is 4.31. The second-order valence-corrected chi connectivity index (χ2v) is 6.10. The van der Waals surface area contributed by atoms with Crippen LogP contribution in [-0.4, -0.2) is 9.97 Å². The highest BCUT2D eigenvalue weighted by molar-refractivity contribution is 7.17. The molecule has 0 radical (unpaired) electrons. The highest BCUT2D eigenvalue weighted by atomic mass is 32.1. The monoisotopic (exact) mass is 275 g/mol. The lowest BCUT2D eigenvalue weighted by atomic mass is 10.3. The average Bonchev–Trinajstić information content (AvgIpc) is 3.05. The van der Waals surface area contributed by atoms with Crippen molar-refractivity contribution in [3.8, 4) is 0 Å². The Labute approximate surface area is 114 Å². The molecule has 92 valence electrons. The van der Waals surface area contributed by atoms with Crippen molar-refractivity contribution in [3.63, 3.8) is 0 Å². The minimum absolute atomic E-state index is 0.828. The lowest BCUT2D eigenvalue weighted by molar-refractivity contribution is 1.13. The molecule has 0 unspecified atom stereocenters. The fourth-order valence-corrected chi connectivity index (χ4v) is 3.50. The quantitative estimate of drug-likeness (QED) is 0.784. The van der Waals surface area contributed by atoms with Crippen LogP contribution in [0.3, 0.4) is 0 Å². The summed E-state index contributed by atoms with van der Waals surface area (Å²) in [6, 6.07) is 6.40. The first-order valence-electron chi connectivity index (χ1n) is 5.86. The van der Waals surface area contributed by atoms with E-state index in [9.17, 15) is 0 Å². The first kappa shape index (κ1) is 11.6. The third-order valence-corrected chi connectivity index (χ3v) is 4.88. The van der Waals surface area contributed by atoms with Crippen molar-refractivity contribution in [2.45, 2.75) is 19.9 Å². The van der Waals surface area contributed by atoms with Crippen LogP contribution in [0.1, 0.15) is 16.7 Å². The van der Waals surface area contributed by atoms with Crippen LogP contribution in [0.2, 0.25) is 0 Å². The highest BCUT2D eigenvalue weighted by Gasteiger charge is 2.05. The van der Waals surface area contributed by atoms with Gasteiger partial charge in [-0.3, -0.25) is 0 Å². The molecule has 3 aromatic heterocycles. The number of aromatic nitrogens is 2. The number of nitrogens with one attached hydrogen (secondary N) is 1. The molecular formula is C13H13N3S2. The van der Waals surface area contributed by atoms with Gasteiger partial charge in [-0.25, -0.2) is 9.97 Å². The molecule has 3 nitrogen and oxygen atoms in total. The van der Waals surface area contributed by atoms with Crippen LogP contribution >= 0.6 is 22.7 Å². The van der Waals surface area contributed by atoms with Crippen LogP contribution in [0.25, 0.3) is 10.2 Å². The summed E-state index contributed by atoms with van der Waals surface area (Å²) in [5.74, 6) is 0.932. The minimum Gasteiger partial charge on any atom is -0.364 e. The second-order valence-electron chi connectivity index (χ2n) is 3.93. The maximum Gasteiger partial charge on any atom is 0.147 e. The Balaban J connectivity index is 1.78. The van der Waals surface area contributed by atoms with Gasteiger partial charge in [0.05, 0.1) is 16.8 Å². The minimum atomic E-state index is 0.828. The third-order valence-electron chi connectivity index (χ3n) is 2.74. The summed E-state index contributed by atoms with van der Waals surface area (Å²) in [5, 5.41) is 5.44. The number of hydrogen-bond acceptors (Lipinski definition) is 5. The lowest BCUT2D eigenvalue weighted by Gasteiger charge is -2.04. The van der Waals surface area contributed by atoms with Crippen LogP contribution in [0.15, 0.2) is 29.9 Å². The molecule has 0 aliphatic carbocycles. The average molecular weight is 275 g/mol. The first-order valence-corrected chi connectivity index (χ1v) is 7.56. The van der Waals surface area contributed by atoms with Crippen molar-refractivity contribution in [1.82, 2.24) is 9.97 Å². The molecule has 0 spiro atoms. The van der Waals surface area contributed by atoms with E-state index in [0.29, 0.717) is 0 Å². The number of hydrogen-bond donors (Lipinski definition) is 1. The van der Waals surface area contributed by atoms with E-state index >= 15 is 0 Å². The topological polar surface area (TPSA) is 37.8 Å². The van der Waals surface area contributed by atoms with Crippen molar-refractivity contribution in [1.29, 1.82) is 0 Å².